The van der Waals surface area contributed by atoms with Gasteiger partial charge in [-0.05, 0) is 31.4 Å². The molecule has 5 heteroatoms. The van der Waals surface area contributed by atoms with Gasteiger partial charge in [0.25, 0.3) is 0 Å². The number of nitrogens with zero attached hydrogens (tertiary/aromatic N) is 2. The van der Waals surface area contributed by atoms with Crippen LogP contribution >= 0.6 is 0 Å². The lowest BCUT2D eigenvalue weighted by molar-refractivity contribution is -0.121. The number of aromatic nitrogens is 1. The Hall–Kier alpha value is -2.17. The summed E-state index contributed by atoms with van der Waals surface area (Å²) >= 11 is 0. The van der Waals surface area contributed by atoms with Gasteiger partial charge < -0.3 is 4.74 Å². The van der Waals surface area contributed by atoms with Crippen LogP contribution in [0, 0.1) is 5.92 Å². The topological polar surface area (TPSA) is 63.6 Å². The first-order valence-electron chi connectivity index (χ1n) is 7.94. The minimum Gasteiger partial charge on any atom is -0.499 e. The molecule has 0 spiro atoms. The van der Waals surface area contributed by atoms with E-state index in [1.807, 2.05) is 26.8 Å². The first-order chi connectivity index (χ1) is 10.8. The predicted octanol–water partition coefficient (Wildman–Crippen LogP) is 1.66. The van der Waals surface area contributed by atoms with Gasteiger partial charge in [-0.15, -0.1) is 0 Å². The monoisotopic (exact) mass is 315 g/mol. The van der Waals surface area contributed by atoms with Gasteiger partial charge in [-0.25, -0.2) is 10.4 Å². The van der Waals surface area contributed by atoms with E-state index in [-0.39, 0.29) is 11.8 Å². The Morgan fingerprint density at radius 2 is 2.04 bits per heavy atom. The predicted molar refractivity (Wildman–Crippen MR) is 92.1 cm³/mol. The molecule has 1 N–H and O–H groups in total. The Labute approximate surface area is 137 Å². The molecule has 0 aromatic carbocycles. The maximum Gasteiger partial charge on any atom is 0.240 e. The number of carbonyl (C=O) groups is 1. The van der Waals surface area contributed by atoms with E-state index >= 15 is 0 Å². The van der Waals surface area contributed by atoms with E-state index in [0.29, 0.717) is 12.3 Å². The van der Waals surface area contributed by atoms with Crippen LogP contribution in [0.3, 0.4) is 0 Å². The molecular weight excluding hydrogens is 290 g/mol. The maximum atomic E-state index is 11.5. The highest BCUT2D eigenvalue weighted by Gasteiger charge is 2.22. The minimum atomic E-state index is -0.0396. The minimum absolute atomic E-state index is 0.0396. The second-order valence-electron chi connectivity index (χ2n) is 6.31. The first-order valence-corrected chi connectivity index (χ1v) is 7.94. The molecule has 2 rings (SSSR count). The van der Waals surface area contributed by atoms with Gasteiger partial charge in [-0.1, -0.05) is 26.8 Å². The smallest absolute Gasteiger partial charge is 0.240 e. The molecule has 1 amide bonds. The molecule has 124 valence electrons. The third kappa shape index (κ3) is 3.60. The number of nitrogens with one attached hydrogen (secondary N) is 1. The average Bonchev–Trinajstić information content (AvgIpc) is 2.52. The summed E-state index contributed by atoms with van der Waals surface area (Å²) in [5.41, 5.74) is 5.52. The van der Waals surface area contributed by atoms with E-state index in [9.17, 15) is 4.79 Å². The van der Waals surface area contributed by atoms with Gasteiger partial charge in [-0.2, -0.15) is 5.10 Å². The molecule has 0 bridgehead atoms. The van der Waals surface area contributed by atoms with Gasteiger partial charge in [0.15, 0.2) is 0 Å². The highest BCUT2D eigenvalue weighted by Crippen LogP contribution is 2.15. The van der Waals surface area contributed by atoms with Crippen LogP contribution in [0.4, 0.5) is 0 Å². The lowest BCUT2D eigenvalue weighted by Crippen LogP contribution is -2.38. The molecule has 1 aliphatic heterocycles. The van der Waals surface area contributed by atoms with Crippen molar-refractivity contribution in [2.75, 3.05) is 7.11 Å². The van der Waals surface area contributed by atoms with Crippen LogP contribution in [-0.4, -0.2) is 23.7 Å². The Kier molecular flexibility index (Phi) is 5.19. The van der Waals surface area contributed by atoms with Crippen LogP contribution < -0.4 is 16.0 Å². The van der Waals surface area contributed by atoms with Crippen molar-refractivity contribution in [3.8, 4) is 0 Å². The molecule has 2 heterocycles. The van der Waals surface area contributed by atoms with Crippen molar-refractivity contribution in [3.05, 3.63) is 28.4 Å². The SMILES string of the molecule is CO/C(C)=c1\nc(C(C)C)cc\c1=C(\C)C1=NNC(=O)CC1C. The summed E-state index contributed by atoms with van der Waals surface area (Å²) in [6, 6.07) is 4.11. The van der Waals surface area contributed by atoms with Crippen LogP contribution in [0.5, 0.6) is 0 Å². The highest BCUT2D eigenvalue weighted by atomic mass is 16.5. The number of methoxy groups -OCH3 is 1. The summed E-state index contributed by atoms with van der Waals surface area (Å²) in [5.74, 6) is 1.17. The van der Waals surface area contributed by atoms with Gasteiger partial charge in [0.1, 0.15) is 11.1 Å². The van der Waals surface area contributed by atoms with Gasteiger partial charge in [0.05, 0.1) is 12.8 Å². The number of rotatable bonds is 3. The number of hydrazone groups is 1. The van der Waals surface area contributed by atoms with E-state index in [4.69, 9.17) is 9.72 Å². The molecule has 0 aliphatic carbocycles. The van der Waals surface area contributed by atoms with Crippen LogP contribution in [0.25, 0.3) is 11.3 Å². The molecule has 1 atom stereocenters. The van der Waals surface area contributed by atoms with Crippen molar-refractivity contribution in [1.29, 1.82) is 0 Å². The van der Waals surface area contributed by atoms with Gasteiger partial charge >= 0.3 is 0 Å². The maximum absolute atomic E-state index is 11.5. The fraction of sp³-hybridized carbons (Fsp3) is 0.500. The molecule has 23 heavy (non-hydrogen) atoms. The molecule has 1 unspecified atom stereocenters. The third-order valence-corrected chi connectivity index (χ3v) is 4.20. The van der Waals surface area contributed by atoms with E-state index in [1.165, 1.54) is 0 Å². The lowest BCUT2D eigenvalue weighted by atomic mass is 9.93. The second-order valence-corrected chi connectivity index (χ2v) is 6.31. The molecule has 1 aliphatic rings. The number of hydrogen-bond donors (Lipinski definition) is 1. The Morgan fingerprint density at radius 1 is 1.35 bits per heavy atom. The van der Waals surface area contributed by atoms with E-state index < -0.39 is 0 Å². The molecule has 1 aromatic rings. The highest BCUT2D eigenvalue weighted by molar-refractivity contribution is 6.20. The summed E-state index contributed by atoms with van der Waals surface area (Å²) in [7, 11) is 1.65. The second kappa shape index (κ2) is 6.94. The first kappa shape index (κ1) is 17.2. The van der Waals surface area contributed by atoms with Crippen molar-refractivity contribution < 1.29 is 9.53 Å². The Morgan fingerprint density at radius 3 is 2.61 bits per heavy atom. The summed E-state index contributed by atoms with van der Waals surface area (Å²) in [5, 5.41) is 6.09. The van der Waals surface area contributed by atoms with Crippen molar-refractivity contribution in [1.82, 2.24) is 10.4 Å². The molecule has 5 nitrogen and oxygen atoms in total. The van der Waals surface area contributed by atoms with Crippen molar-refractivity contribution in [2.24, 2.45) is 11.0 Å². The zero-order valence-corrected chi connectivity index (χ0v) is 14.7. The quantitative estimate of drug-likeness (QED) is 0.923. The molecule has 1 aromatic heterocycles. The van der Waals surface area contributed by atoms with Crippen LogP contribution in [-0.2, 0) is 9.53 Å². The van der Waals surface area contributed by atoms with Crippen LogP contribution in [0.15, 0.2) is 17.2 Å². The number of pyridine rings is 1. The number of carbonyl (C=O) groups excluding carboxylic acids is 1. The van der Waals surface area contributed by atoms with Gasteiger partial charge in [0, 0.05) is 23.3 Å². The van der Waals surface area contributed by atoms with Gasteiger partial charge in [0.2, 0.25) is 5.91 Å². The zero-order valence-electron chi connectivity index (χ0n) is 14.7. The molecule has 0 fully saturated rings. The van der Waals surface area contributed by atoms with E-state index in [2.05, 4.69) is 30.4 Å². The number of hydrogen-bond acceptors (Lipinski definition) is 4. The van der Waals surface area contributed by atoms with E-state index in [0.717, 1.165) is 33.3 Å². The Bertz CT molecular complexity index is 763. The lowest BCUT2D eigenvalue weighted by Gasteiger charge is -2.19. The molecule has 0 saturated carbocycles. The number of amides is 1. The summed E-state index contributed by atoms with van der Waals surface area (Å²) in [6.07, 6.45) is 0.454. The van der Waals surface area contributed by atoms with Crippen molar-refractivity contribution in [2.45, 2.75) is 47.0 Å². The average molecular weight is 315 g/mol. The van der Waals surface area contributed by atoms with Crippen molar-refractivity contribution in [3.63, 3.8) is 0 Å². The largest absolute Gasteiger partial charge is 0.499 e. The molecular formula is C18H25N3O2. The summed E-state index contributed by atoms with van der Waals surface area (Å²) in [6.45, 7) is 10.2. The van der Waals surface area contributed by atoms with E-state index in [1.54, 1.807) is 7.11 Å². The number of ether oxygens (including phenoxy) is 1. The molecule has 0 radical (unpaired) electrons. The Balaban J connectivity index is 2.73. The molecule has 0 saturated heterocycles. The van der Waals surface area contributed by atoms with Crippen LogP contribution in [0.1, 0.15) is 52.7 Å². The van der Waals surface area contributed by atoms with Crippen molar-refractivity contribution >= 4 is 23.0 Å². The third-order valence-electron chi connectivity index (χ3n) is 4.20. The normalized spacial score (nSPS) is 20.7. The standard InChI is InChI=1S/C18H25N3O2/c1-10(2)15-8-7-14(18(19-15)13(5)23-6)12(4)17-11(3)9-16(22)20-21-17/h7-8,10-11H,9H2,1-6H3,(H,20,22)/b14-12+,18-13-. The van der Waals surface area contributed by atoms with Gasteiger partial charge in [-0.3, -0.25) is 4.79 Å². The fourth-order valence-electron chi connectivity index (χ4n) is 2.71. The zero-order chi connectivity index (χ0) is 17.1. The fourth-order valence-corrected chi connectivity index (χ4v) is 2.71. The summed E-state index contributed by atoms with van der Waals surface area (Å²) < 4.78 is 5.42. The van der Waals surface area contributed by atoms with Crippen LogP contribution in [0.2, 0.25) is 0 Å². The summed E-state index contributed by atoms with van der Waals surface area (Å²) in [4.78, 5) is 16.2.